The van der Waals surface area contributed by atoms with Crippen LogP contribution in [-0.2, 0) is 4.74 Å². The van der Waals surface area contributed by atoms with Gasteiger partial charge in [-0.1, -0.05) is 6.92 Å². The minimum atomic E-state index is 0.359. The summed E-state index contributed by atoms with van der Waals surface area (Å²) in [6.45, 7) is 13.5. The molecule has 0 aromatic rings. The van der Waals surface area contributed by atoms with Gasteiger partial charge >= 0.3 is 0 Å². The fourth-order valence-electron chi connectivity index (χ4n) is 3.22. The average molecular weight is 240 g/mol. The Bertz CT molecular complexity index is 247. The van der Waals surface area contributed by atoms with Crippen molar-refractivity contribution in [2.45, 2.75) is 45.6 Å². The molecule has 17 heavy (non-hydrogen) atoms. The Hall–Kier alpha value is -0.120. The van der Waals surface area contributed by atoms with Gasteiger partial charge in [0.2, 0.25) is 0 Å². The molecular weight excluding hydrogens is 212 g/mol. The maximum absolute atomic E-state index is 5.67. The molecule has 1 atom stereocenters. The van der Waals surface area contributed by atoms with E-state index in [9.17, 15) is 0 Å². The van der Waals surface area contributed by atoms with Gasteiger partial charge in [-0.2, -0.15) is 0 Å². The molecule has 1 N–H and O–H groups in total. The molecule has 2 fully saturated rings. The zero-order chi connectivity index (χ0) is 12.4. The van der Waals surface area contributed by atoms with Crippen LogP contribution in [-0.4, -0.2) is 49.8 Å². The first-order valence-corrected chi connectivity index (χ1v) is 7.12. The maximum Gasteiger partial charge on any atom is 0.0547 e. The highest BCUT2D eigenvalue weighted by atomic mass is 16.5. The number of ether oxygens (including phenoxy) is 1. The SMILES string of the molecule is CCNCC1(CN2CCCC2(C)C)CCOC1. The predicted octanol–water partition coefficient (Wildman–Crippen LogP) is 1.88. The van der Waals surface area contributed by atoms with Crippen molar-refractivity contribution in [2.24, 2.45) is 5.41 Å². The molecule has 0 aromatic heterocycles. The average Bonchev–Trinajstić information content (AvgIpc) is 2.85. The molecule has 2 rings (SSSR count). The Balaban J connectivity index is 1.97. The minimum Gasteiger partial charge on any atom is -0.381 e. The van der Waals surface area contributed by atoms with Crippen LogP contribution in [0.1, 0.15) is 40.0 Å². The van der Waals surface area contributed by atoms with Crippen LogP contribution in [0.25, 0.3) is 0 Å². The third kappa shape index (κ3) is 3.01. The Kier molecular flexibility index (Phi) is 4.11. The molecule has 2 aliphatic heterocycles. The normalized spacial score (nSPS) is 33.4. The second-order valence-corrected chi connectivity index (χ2v) is 6.42. The third-order valence-corrected chi connectivity index (χ3v) is 4.53. The van der Waals surface area contributed by atoms with Gasteiger partial charge in [-0.05, 0) is 46.2 Å². The summed E-state index contributed by atoms with van der Waals surface area (Å²) in [6, 6.07) is 0. The largest absolute Gasteiger partial charge is 0.381 e. The molecular formula is C14H28N2O. The van der Waals surface area contributed by atoms with Crippen molar-refractivity contribution in [1.29, 1.82) is 0 Å². The summed E-state index contributed by atoms with van der Waals surface area (Å²) in [4.78, 5) is 2.68. The zero-order valence-electron chi connectivity index (χ0n) is 11.7. The Morgan fingerprint density at radius 1 is 1.29 bits per heavy atom. The summed E-state index contributed by atoms with van der Waals surface area (Å²) in [5, 5.41) is 3.53. The summed E-state index contributed by atoms with van der Waals surface area (Å²) < 4.78 is 5.67. The second-order valence-electron chi connectivity index (χ2n) is 6.42. The van der Waals surface area contributed by atoms with Crippen molar-refractivity contribution in [3.63, 3.8) is 0 Å². The lowest BCUT2D eigenvalue weighted by Crippen LogP contribution is -2.49. The van der Waals surface area contributed by atoms with Crippen LogP contribution in [0.3, 0.4) is 0 Å². The van der Waals surface area contributed by atoms with E-state index in [1.54, 1.807) is 0 Å². The van der Waals surface area contributed by atoms with Crippen molar-refractivity contribution < 1.29 is 4.74 Å². The van der Waals surface area contributed by atoms with E-state index in [2.05, 4.69) is 31.0 Å². The summed E-state index contributed by atoms with van der Waals surface area (Å²) >= 11 is 0. The number of rotatable bonds is 5. The van der Waals surface area contributed by atoms with Gasteiger partial charge in [-0.15, -0.1) is 0 Å². The van der Waals surface area contributed by atoms with Crippen LogP contribution in [0.5, 0.6) is 0 Å². The molecule has 0 aliphatic carbocycles. The predicted molar refractivity (Wildman–Crippen MR) is 71.3 cm³/mol. The lowest BCUT2D eigenvalue weighted by Gasteiger charge is -2.39. The first-order chi connectivity index (χ1) is 8.08. The molecule has 2 saturated heterocycles. The van der Waals surface area contributed by atoms with Gasteiger partial charge in [0.25, 0.3) is 0 Å². The first-order valence-electron chi connectivity index (χ1n) is 7.12. The molecule has 1 unspecified atom stereocenters. The van der Waals surface area contributed by atoms with Crippen molar-refractivity contribution in [2.75, 3.05) is 39.4 Å². The van der Waals surface area contributed by atoms with Crippen LogP contribution >= 0.6 is 0 Å². The second kappa shape index (κ2) is 5.25. The lowest BCUT2D eigenvalue weighted by molar-refractivity contribution is 0.0766. The Morgan fingerprint density at radius 2 is 2.12 bits per heavy atom. The molecule has 0 amide bonds. The number of hydrogen-bond acceptors (Lipinski definition) is 3. The molecule has 3 nitrogen and oxygen atoms in total. The standard InChI is InChI=1S/C14H28N2O/c1-4-15-10-14(7-9-17-12-14)11-16-8-5-6-13(16,2)3/h15H,4-12H2,1-3H3. The van der Waals surface area contributed by atoms with Gasteiger partial charge in [0.05, 0.1) is 6.61 Å². The summed E-state index contributed by atoms with van der Waals surface area (Å²) in [6.07, 6.45) is 3.91. The van der Waals surface area contributed by atoms with E-state index < -0.39 is 0 Å². The molecule has 0 radical (unpaired) electrons. The molecule has 2 heterocycles. The number of hydrogen-bond donors (Lipinski definition) is 1. The van der Waals surface area contributed by atoms with Crippen LogP contribution in [0.15, 0.2) is 0 Å². The summed E-state index contributed by atoms with van der Waals surface area (Å²) in [5.41, 5.74) is 0.749. The van der Waals surface area contributed by atoms with Crippen molar-refractivity contribution >= 4 is 0 Å². The summed E-state index contributed by atoms with van der Waals surface area (Å²) in [7, 11) is 0. The van der Waals surface area contributed by atoms with E-state index in [4.69, 9.17) is 4.74 Å². The number of nitrogens with one attached hydrogen (secondary N) is 1. The molecule has 2 aliphatic rings. The Morgan fingerprint density at radius 3 is 2.65 bits per heavy atom. The fourth-order valence-corrected chi connectivity index (χ4v) is 3.22. The van der Waals surface area contributed by atoms with Gasteiger partial charge < -0.3 is 10.1 Å². The van der Waals surface area contributed by atoms with Crippen LogP contribution in [0.2, 0.25) is 0 Å². The van der Waals surface area contributed by atoms with Gasteiger partial charge in [-0.25, -0.2) is 0 Å². The van der Waals surface area contributed by atoms with Crippen molar-refractivity contribution in [3.05, 3.63) is 0 Å². The van der Waals surface area contributed by atoms with Crippen LogP contribution in [0.4, 0.5) is 0 Å². The highest BCUT2D eigenvalue weighted by Gasteiger charge is 2.41. The highest BCUT2D eigenvalue weighted by Crippen LogP contribution is 2.35. The monoisotopic (exact) mass is 240 g/mol. The van der Waals surface area contributed by atoms with Crippen LogP contribution < -0.4 is 5.32 Å². The quantitative estimate of drug-likeness (QED) is 0.794. The minimum absolute atomic E-state index is 0.359. The van der Waals surface area contributed by atoms with Gasteiger partial charge in [0.15, 0.2) is 0 Å². The number of likely N-dealkylation sites (tertiary alicyclic amines) is 1. The van der Waals surface area contributed by atoms with E-state index in [0.717, 1.165) is 26.3 Å². The number of nitrogens with zero attached hydrogens (tertiary/aromatic N) is 1. The van der Waals surface area contributed by atoms with E-state index in [1.807, 2.05) is 0 Å². The van der Waals surface area contributed by atoms with E-state index in [-0.39, 0.29) is 0 Å². The Labute approximate surface area is 106 Å². The van der Waals surface area contributed by atoms with Crippen LogP contribution in [0, 0.1) is 5.41 Å². The molecule has 0 aromatic carbocycles. The van der Waals surface area contributed by atoms with Gasteiger partial charge in [-0.3, -0.25) is 4.90 Å². The highest BCUT2D eigenvalue weighted by molar-refractivity contribution is 4.95. The zero-order valence-corrected chi connectivity index (χ0v) is 11.7. The van der Waals surface area contributed by atoms with E-state index in [1.165, 1.54) is 32.4 Å². The van der Waals surface area contributed by atoms with Gasteiger partial charge in [0.1, 0.15) is 0 Å². The fraction of sp³-hybridized carbons (Fsp3) is 1.00. The smallest absolute Gasteiger partial charge is 0.0547 e. The third-order valence-electron chi connectivity index (χ3n) is 4.53. The van der Waals surface area contributed by atoms with Crippen molar-refractivity contribution in [1.82, 2.24) is 10.2 Å². The first kappa shape index (κ1) is 13.3. The van der Waals surface area contributed by atoms with Crippen molar-refractivity contribution in [3.8, 4) is 0 Å². The topological polar surface area (TPSA) is 24.5 Å². The molecule has 0 saturated carbocycles. The summed E-state index contributed by atoms with van der Waals surface area (Å²) in [5.74, 6) is 0. The van der Waals surface area contributed by atoms with Gasteiger partial charge in [0, 0.05) is 30.7 Å². The maximum atomic E-state index is 5.67. The molecule has 0 bridgehead atoms. The lowest BCUT2D eigenvalue weighted by atomic mass is 9.85. The molecule has 3 heteroatoms. The van der Waals surface area contributed by atoms with E-state index >= 15 is 0 Å². The molecule has 100 valence electrons. The molecule has 0 spiro atoms. The van der Waals surface area contributed by atoms with E-state index in [0.29, 0.717) is 11.0 Å².